The van der Waals surface area contributed by atoms with Gasteiger partial charge >= 0.3 is 0 Å². The van der Waals surface area contributed by atoms with Crippen molar-refractivity contribution in [1.29, 1.82) is 0 Å². The Hall–Kier alpha value is -3.36. The van der Waals surface area contributed by atoms with E-state index in [1.54, 1.807) is 41.9 Å². The molecule has 1 aromatic heterocycles. The molecule has 0 radical (unpaired) electrons. The number of rotatable bonds is 11. The van der Waals surface area contributed by atoms with Crippen LogP contribution < -0.4 is 9.47 Å². The number of hydrogen-bond donors (Lipinski definition) is 0. The summed E-state index contributed by atoms with van der Waals surface area (Å²) in [7, 11) is 1.59. The van der Waals surface area contributed by atoms with E-state index in [-0.39, 0.29) is 12.4 Å². The molecule has 0 saturated heterocycles. The standard InChI is InChI=1S/C27H26ClFN4O2S/c1-3-5-25-31-32-27(36-18-20-8-12-22(28)13-9-20)33(25)30-16-21-6-4-7-24(34-2)26(21)35-17-19-10-14-23(29)15-11-19/h4,6-16H,3,5,17-18H2,1-2H3/b30-16+. The van der Waals surface area contributed by atoms with Gasteiger partial charge in [0.1, 0.15) is 12.4 Å². The van der Waals surface area contributed by atoms with Crippen LogP contribution in [0.5, 0.6) is 11.5 Å². The molecule has 4 rings (SSSR count). The van der Waals surface area contributed by atoms with Gasteiger partial charge in [0.05, 0.1) is 13.3 Å². The third-order valence-corrected chi connectivity index (χ3v) is 6.51. The van der Waals surface area contributed by atoms with Gasteiger partial charge in [-0.1, -0.05) is 60.6 Å². The lowest BCUT2D eigenvalue weighted by Crippen LogP contribution is -2.03. The Balaban J connectivity index is 1.58. The number of para-hydroxylation sites is 1. The highest BCUT2D eigenvalue weighted by molar-refractivity contribution is 7.98. The van der Waals surface area contributed by atoms with Crippen LogP contribution in [-0.4, -0.2) is 28.2 Å². The average molecular weight is 525 g/mol. The summed E-state index contributed by atoms with van der Waals surface area (Å²) in [6.45, 7) is 2.35. The van der Waals surface area contributed by atoms with Crippen LogP contribution in [0.3, 0.4) is 0 Å². The van der Waals surface area contributed by atoms with Crippen LogP contribution in [0.2, 0.25) is 5.02 Å². The number of aryl methyl sites for hydroxylation is 1. The Kier molecular flexibility index (Phi) is 8.97. The highest BCUT2D eigenvalue weighted by atomic mass is 35.5. The fourth-order valence-electron chi connectivity index (χ4n) is 3.42. The first-order valence-electron chi connectivity index (χ1n) is 11.5. The van der Waals surface area contributed by atoms with Gasteiger partial charge < -0.3 is 9.47 Å². The molecular formula is C27H26ClFN4O2S. The number of nitrogens with zero attached hydrogens (tertiary/aromatic N) is 4. The number of methoxy groups -OCH3 is 1. The lowest BCUT2D eigenvalue weighted by molar-refractivity contribution is 0.284. The van der Waals surface area contributed by atoms with Crippen LogP contribution in [0.15, 0.2) is 77.0 Å². The van der Waals surface area contributed by atoms with Gasteiger partial charge in [0.25, 0.3) is 0 Å². The van der Waals surface area contributed by atoms with E-state index in [1.807, 2.05) is 42.5 Å². The summed E-state index contributed by atoms with van der Waals surface area (Å²) in [5.74, 6) is 2.33. The van der Waals surface area contributed by atoms with Crippen molar-refractivity contribution in [3.05, 3.63) is 100 Å². The fourth-order valence-corrected chi connectivity index (χ4v) is 4.40. The maximum absolute atomic E-state index is 13.3. The normalized spacial score (nSPS) is 11.2. The molecule has 0 aliphatic rings. The van der Waals surface area contributed by atoms with E-state index in [1.165, 1.54) is 12.1 Å². The highest BCUT2D eigenvalue weighted by Crippen LogP contribution is 2.31. The minimum absolute atomic E-state index is 0.261. The molecule has 0 aliphatic heterocycles. The molecule has 0 saturated carbocycles. The van der Waals surface area contributed by atoms with E-state index < -0.39 is 0 Å². The minimum Gasteiger partial charge on any atom is -0.493 e. The van der Waals surface area contributed by atoms with Gasteiger partial charge in [-0.15, -0.1) is 10.2 Å². The van der Waals surface area contributed by atoms with Crippen molar-refractivity contribution >= 4 is 29.6 Å². The van der Waals surface area contributed by atoms with Gasteiger partial charge in [-0.05, 0) is 53.9 Å². The zero-order valence-electron chi connectivity index (χ0n) is 20.0. The van der Waals surface area contributed by atoms with Crippen molar-refractivity contribution < 1.29 is 13.9 Å². The molecule has 0 bridgehead atoms. The highest BCUT2D eigenvalue weighted by Gasteiger charge is 2.14. The van der Waals surface area contributed by atoms with Crippen LogP contribution in [-0.2, 0) is 18.8 Å². The molecule has 3 aromatic carbocycles. The average Bonchev–Trinajstić information content (AvgIpc) is 3.28. The van der Waals surface area contributed by atoms with E-state index >= 15 is 0 Å². The molecule has 6 nitrogen and oxygen atoms in total. The Morgan fingerprint density at radius 1 is 1.03 bits per heavy atom. The summed E-state index contributed by atoms with van der Waals surface area (Å²) in [4.78, 5) is 0. The van der Waals surface area contributed by atoms with Crippen molar-refractivity contribution in [2.24, 2.45) is 5.10 Å². The zero-order chi connectivity index (χ0) is 25.3. The predicted octanol–water partition coefficient (Wildman–Crippen LogP) is 6.79. The molecule has 0 unspecified atom stereocenters. The van der Waals surface area contributed by atoms with Crippen molar-refractivity contribution in [3.8, 4) is 11.5 Å². The second kappa shape index (κ2) is 12.6. The largest absolute Gasteiger partial charge is 0.493 e. The van der Waals surface area contributed by atoms with E-state index in [0.29, 0.717) is 27.4 Å². The fraction of sp³-hybridized carbons (Fsp3) is 0.222. The summed E-state index contributed by atoms with van der Waals surface area (Å²) in [5, 5.41) is 14.8. The number of thioether (sulfide) groups is 1. The van der Waals surface area contributed by atoms with Crippen molar-refractivity contribution in [3.63, 3.8) is 0 Å². The zero-order valence-corrected chi connectivity index (χ0v) is 21.6. The first-order chi connectivity index (χ1) is 17.6. The topological polar surface area (TPSA) is 61.5 Å². The van der Waals surface area contributed by atoms with Gasteiger partial charge in [-0.25, -0.2) is 4.39 Å². The smallest absolute Gasteiger partial charge is 0.212 e. The number of ether oxygens (including phenoxy) is 2. The van der Waals surface area contributed by atoms with Gasteiger partial charge in [-0.3, -0.25) is 0 Å². The molecular weight excluding hydrogens is 499 g/mol. The molecule has 0 N–H and O–H groups in total. The Labute approximate surface area is 219 Å². The van der Waals surface area contributed by atoms with E-state index in [4.69, 9.17) is 26.2 Å². The summed E-state index contributed by atoms with van der Waals surface area (Å²) in [6.07, 6.45) is 3.38. The third kappa shape index (κ3) is 6.65. The van der Waals surface area contributed by atoms with Crippen LogP contribution in [0, 0.1) is 5.82 Å². The second-order valence-electron chi connectivity index (χ2n) is 7.91. The lowest BCUT2D eigenvalue weighted by Gasteiger charge is -2.13. The first-order valence-corrected chi connectivity index (χ1v) is 12.8. The molecule has 0 atom stereocenters. The molecule has 36 heavy (non-hydrogen) atoms. The van der Waals surface area contributed by atoms with Crippen LogP contribution in [0.4, 0.5) is 4.39 Å². The molecule has 9 heteroatoms. The van der Waals surface area contributed by atoms with Crippen LogP contribution in [0.25, 0.3) is 0 Å². The van der Waals surface area contributed by atoms with Gasteiger partial charge in [0.2, 0.25) is 5.16 Å². The van der Waals surface area contributed by atoms with E-state index in [2.05, 4.69) is 17.1 Å². The SMILES string of the molecule is CCCc1nnc(SCc2ccc(Cl)cc2)n1/N=C/c1cccc(OC)c1OCc1ccc(F)cc1. The number of benzene rings is 3. The van der Waals surface area contributed by atoms with Crippen molar-refractivity contribution in [2.75, 3.05) is 7.11 Å². The molecule has 0 aliphatic carbocycles. The Morgan fingerprint density at radius 2 is 1.78 bits per heavy atom. The second-order valence-corrected chi connectivity index (χ2v) is 9.29. The Bertz CT molecular complexity index is 1310. The predicted molar refractivity (Wildman–Crippen MR) is 142 cm³/mol. The van der Waals surface area contributed by atoms with E-state index in [0.717, 1.165) is 35.4 Å². The number of halogens is 2. The number of aromatic nitrogens is 3. The van der Waals surface area contributed by atoms with Crippen LogP contribution in [0.1, 0.15) is 35.9 Å². The molecule has 4 aromatic rings. The van der Waals surface area contributed by atoms with Crippen molar-refractivity contribution in [2.45, 2.75) is 37.3 Å². The summed E-state index contributed by atoms with van der Waals surface area (Å²) >= 11 is 7.56. The monoisotopic (exact) mass is 524 g/mol. The molecule has 0 fully saturated rings. The third-order valence-electron chi connectivity index (χ3n) is 5.27. The van der Waals surface area contributed by atoms with Gasteiger partial charge in [0.15, 0.2) is 17.3 Å². The molecule has 186 valence electrons. The van der Waals surface area contributed by atoms with E-state index in [9.17, 15) is 4.39 Å². The lowest BCUT2D eigenvalue weighted by atomic mass is 10.2. The minimum atomic E-state index is -0.287. The van der Waals surface area contributed by atoms with Crippen molar-refractivity contribution in [1.82, 2.24) is 14.9 Å². The quantitative estimate of drug-likeness (QED) is 0.160. The van der Waals surface area contributed by atoms with Gasteiger partial charge in [-0.2, -0.15) is 9.78 Å². The summed E-state index contributed by atoms with van der Waals surface area (Å²) in [5.41, 5.74) is 2.71. The van der Waals surface area contributed by atoms with Crippen LogP contribution >= 0.6 is 23.4 Å². The summed E-state index contributed by atoms with van der Waals surface area (Å²) < 4.78 is 26.6. The first kappa shape index (κ1) is 25.7. The number of hydrogen-bond acceptors (Lipinski definition) is 6. The molecule has 0 spiro atoms. The maximum Gasteiger partial charge on any atom is 0.212 e. The maximum atomic E-state index is 13.3. The molecule has 1 heterocycles. The van der Waals surface area contributed by atoms with Gasteiger partial charge in [0, 0.05) is 22.8 Å². The summed E-state index contributed by atoms with van der Waals surface area (Å²) in [6, 6.07) is 19.5. The Morgan fingerprint density at radius 3 is 2.50 bits per heavy atom. The molecule has 0 amide bonds.